The van der Waals surface area contributed by atoms with Crippen molar-refractivity contribution >= 4 is 0 Å². The first-order chi connectivity index (χ1) is 10.3. The van der Waals surface area contributed by atoms with Crippen molar-refractivity contribution < 1.29 is 0 Å². The Morgan fingerprint density at radius 1 is 1.19 bits per heavy atom. The van der Waals surface area contributed by atoms with Gasteiger partial charge in [0.05, 0.1) is 0 Å². The molecule has 0 bridgehead atoms. The van der Waals surface area contributed by atoms with Crippen molar-refractivity contribution in [1.29, 1.82) is 0 Å². The summed E-state index contributed by atoms with van der Waals surface area (Å²) >= 11 is 0. The fourth-order valence-corrected chi connectivity index (χ4v) is 3.95. The van der Waals surface area contributed by atoms with Crippen LogP contribution >= 0.6 is 0 Å². The lowest BCUT2D eigenvalue weighted by atomic mass is 9.89. The van der Waals surface area contributed by atoms with Gasteiger partial charge in [0.25, 0.3) is 0 Å². The van der Waals surface area contributed by atoms with Crippen LogP contribution in [0, 0.1) is 0 Å². The van der Waals surface area contributed by atoms with Crippen molar-refractivity contribution in [2.24, 2.45) is 0 Å². The highest BCUT2D eigenvalue weighted by molar-refractivity contribution is 5.35. The molecule has 1 heterocycles. The maximum atomic E-state index is 3.86. The van der Waals surface area contributed by atoms with Crippen LogP contribution in [0.15, 0.2) is 18.2 Å². The van der Waals surface area contributed by atoms with E-state index in [9.17, 15) is 0 Å². The van der Waals surface area contributed by atoms with Gasteiger partial charge in [-0.25, -0.2) is 0 Å². The van der Waals surface area contributed by atoms with Crippen LogP contribution in [0.4, 0.5) is 0 Å². The number of likely N-dealkylation sites (tertiary alicyclic amines) is 1. The van der Waals surface area contributed by atoms with Crippen LogP contribution in [0.2, 0.25) is 0 Å². The summed E-state index contributed by atoms with van der Waals surface area (Å²) in [6.45, 7) is 8.28. The van der Waals surface area contributed by atoms with Gasteiger partial charge in [-0.15, -0.1) is 0 Å². The van der Waals surface area contributed by atoms with E-state index in [1.165, 1.54) is 63.7 Å². The molecule has 2 atom stereocenters. The van der Waals surface area contributed by atoms with Gasteiger partial charge in [-0.05, 0) is 75.2 Å². The van der Waals surface area contributed by atoms with Crippen molar-refractivity contribution in [3.05, 3.63) is 34.9 Å². The lowest BCUT2D eigenvalue weighted by Gasteiger charge is -2.34. The molecular weight excluding hydrogens is 256 g/mol. The molecule has 1 aliphatic carbocycles. The first kappa shape index (κ1) is 15.1. The number of piperidine rings is 1. The number of hydrogen-bond donors (Lipinski definition) is 1. The molecule has 0 aromatic heterocycles. The van der Waals surface area contributed by atoms with E-state index < -0.39 is 0 Å². The smallest absolute Gasteiger partial charge is 0.0294 e. The van der Waals surface area contributed by atoms with Crippen molar-refractivity contribution in [2.75, 3.05) is 19.6 Å². The summed E-state index contributed by atoms with van der Waals surface area (Å²) in [4.78, 5) is 2.57. The summed E-state index contributed by atoms with van der Waals surface area (Å²) in [5, 5.41) is 3.86. The van der Waals surface area contributed by atoms with E-state index in [1.807, 2.05) is 0 Å². The minimum absolute atomic E-state index is 0.471. The van der Waals surface area contributed by atoms with Gasteiger partial charge >= 0.3 is 0 Å². The summed E-state index contributed by atoms with van der Waals surface area (Å²) < 4.78 is 0. The quantitative estimate of drug-likeness (QED) is 0.908. The average molecular weight is 286 g/mol. The summed E-state index contributed by atoms with van der Waals surface area (Å²) in [5.74, 6) is 0. The molecule has 0 saturated carbocycles. The summed E-state index contributed by atoms with van der Waals surface area (Å²) in [6, 6.07) is 8.32. The third-order valence-electron chi connectivity index (χ3n) is 5.31. The molecule has 0 spiro atoms. The van der Waals surface area contributed by atoms with Crippen LogP contribution in [0.3, 0.4) is 0 Å². The fraction of sp³-hybridized carbons (Fsp3) is 0.684. The second-order valence-corrected chi connectivity index (χ2v) is 6.86. The molecule has 0 radical (unpaired) electrons. The van der Waals surface area contributed by atoms with Gasteiger partial charge in [0.2, 0.25) is 0 Å². The first-order valence-electron chi connectivity index (χ1n) is 8.86. The first-order valence-corrected chi connectivity index (χ1v) is 8.86. The van der Waals surface area contributed by atoms with Gasteiger partial charge < -0.3 is 10.2 Å². The van der Waals surface area contributed by atoms with Gasteiger partial charge in [0, 0.05) is 18.6 Å². The molecule has 1 aromatic rings. The molecule has 2 aliphatic rings. The Kier molecular flexibility index (Phi) is 4.97. The normalized spacial score (nSPS) is 24.6. The second kappa shape index (κ2) is 6.93. The maximum absolute atomic E-state index is 3.86. The van der Waals surface area contributed by atoms with Crippen LogP contribution in [0.1, 0.15) is 62.3 Å². The highest BCUT2D eigenvalue weighted by Gasteiger charge is 2.21. The van der Waals surface area contributed by atoms with Crippen LogP contribution < -0.4 is 5.32 Å². The standard InChI is InChI=1S/C19H30N2/c1-3-21-12-6-9-19(14-21)20-15(2)17-11-10-16-7-4-5-8-18(16)13-17/h10-11,13,15,19-20H,3-9,12,14H2,1-2H3. The molecule has 1 saturated heterocycles. The molecule has 0 amide bonds. The number of nitrogens with zero attached hydrogens (tertiary/aromatic N) is 1. The lowest BCUT2D eigenvalue weighted by molar-refractivity contribution is 0.192. The number of benzene rings is 1. The lowest BCUT2D eigenvalue weighted by Crippen LogP contribution is -2.46. The van der Waals surface area contributed by atoms with E-state index in [0.717, 1.165) is 0 Å². The Balaban J connectivity index is 1.63. The van der Waals surface area contributed by atoms with Crippen LogP contribution in [0.5, 0.6) is 0 Å². The van der Waals surface area contributed by atoms with Crippen molar-refractivity contribution in [3.63, 3.8) is 0 Å². The highest BCUT2D eigenvalue weighted by atomic mass is 15.2. The summed E-state index contributed by atoms with van der Waals surface area (Å²) in [5.41, 5.74) is 4.67. The van der Waals surface area contributed by atoms with E-state index in [-0.39, 0.29) is 0 Å². The monoisotopic (exact) mass is 286 g/mol. The second-order valence-electron chi connectivity index (χ2n) is 6.86. The van der Waals surface area contributed by atoms with Gasteiger partial charge in [-0.2, -0.15) is 0 Å². The van der Waals surface area contributed by atoms with E-state index in [1.54, 1.807) is 11.1 Å². The number of fused-ring (bicyclic) bond motifs is 1. The zero-order valence-corrected chi connectivity index (χ0v) is 13.7. The minimum atomic E-state index is 0.471. The predicted molar refractivity (Wildman–Crippen MR) is 89.8 cm³/mol. The van der Waals surface area contributed by atoms with Gasteiger partial charge in [0.1, 0.15) is 0 Å². The third-order valence-corrected chi connectivity index (χ3v) is 5.31. The SMILES string of the molecule is CCN1CCCC(NC(C)c2ccc3c(c2)CCCC3)C1. The van der Waals surface area contributed by atoms with Crippen molar-refractivity contribution in [3.8, 4) is 0 Å². The molecule has 1 fully saturated rings. The molecule has 1 aromatic carbocycles. The minimum Gasteiger partial charge on any atom is -0.306 e. The number of nitrogens with one attached hydrogen (secondary N) is 1. The van der Waals surface area contributed by atoms with E-state index in [4.69, 9.17) is 0 Å². The number of aryl methyl sites for hydroxylation is 2. The molecular formula is C19H30N2. The Morgan fingerprint density at radius 2 is 2.00 bits per heavy atom. The van der Waals surface area contributed by atoms with Gasteiger partial charge in [0.15, 0.2) is 0 Å². The van der Waals surface area contributed by atoms with Crippen molar-refractivity contribution in [2.45, 2.75) is 64.5 Å². The van der Waals surface area contributed by atoms with E-state index in [2.05, 4.69) is 42.3 Å². The molecule has 2 unspecified atom stereocenters. The van der Waals surface area contributed by atoms with E-state index in [0.29, 0.717) is 12.1 Å². The number of likely N-dealkylation sites (N-methyl/N-ethyl adjacent to an activating group) is 1. The average Bonchev–Trinajstić information content (AvgIpc) is 2.54. The zero-order valence-electron chi connectivity index (χ0n) is 13.7. The topological polar surface area (TPSA) is 15.3 Å². The molecule has 3 rings (SSSR count). The van der Waals surface area contributed by atoms with Gasteiger partial charge in [-0.3, -0.25) is 0 Å². The summed E-state index contributed by atoms with van der Waals surface area (Å²) in [6.07, 6.45) is 7.96. The molecule has 2 heteroatoms. The summed E-state index contributed by atoms with van der Waals surface area (Å²) in [7, 11) is 0. The highest BCUT2D eigenvalue weighted by Crippen LogP contribution is 2.25. The van der Waals surface area contributed by atoms with Crippen LogP contribution in [0.25, 0.3) is 0 Å². The number of rotatable bonds is 4. The molecule has 21 heavy (non-hydrogen) atoms. The zero-order chi connectivity index (χ0) is 14.7. The largest absolute Gasteiger partial charge is 0.306 e. The van der Waals surface area contributed by atoms with Crippen molar-refractivity contribution in [1.82, 2.24) is 10.2 Å². The molecule has 1 aliphatic heterocycles. The Labute approximate surface area is 129 Å². The van der Waals surface area contributed by atoms with Crippen LogP contribution in [-0.4, -0.2) is 30.6 Å². The predicted octanol–water partition coefficient (Wildman–Crippen LogP) is 3.70. The fourth-order valence-electron chi connectivity index (χ4n) is 3.95. The third kappa shape index (κ3) is 3.67. The Bertz CT molecular complexity index is 469. The number of hydrogen-bond acceptors (Lipinski definition) is 2. The maximum Gasteiger partial charge on any atom is 0.0294 e. The van der Waals surface area contributed by atoms with E-state index >= 15 is 0 Å². The van der Waals surface area contributed by atoms with Gasteiger partial charge in [-0.1, -0.05) is 25.1 Å². The molecule has 2 nitrogen and oxygen atoms in total. The Hall–Kier alpha value is -0.860. The molecule has 1 N–H and O–H groups in total. The van der Waals surface area contributed by atoms with Crippen LogP contribution in [-0.2, 0) is 12.8 Å². The Morgan fingerprint density at radius 3 is 2.81 bits per heavy atom. The molecule has 116 valence electrons.